The molecule has 2 aromatic heterocycles. The van der Waals surface area contributed by atoms with E-state index in [1.54, 1.807) is 36.4 Å². The second-order valence-electron chi connectivity index (χ2n) is 5.98. The van der Waals surface area contributed by atoms with E-state index >= 15 is 0 Å². The molecule has 0 unspecified atom stereocenters. The summed E-state index contributed by atoms with van der Waals surface area (Å²) in [5.74, 6) is -0.332. The van der Waals surface area contributed by atoms with E-state index in [1.807, 2.05) is 0 Å². The second-order valence-corrected chi connectivity index (χ2v) is 5.98. The molecule has 0 aliphatic carbocycles. The summed E-state index contributed by atoms with van der Waals surface area (Å²) in [4.78, 5) is 19.8. The molecule has 0 fully saturated rings. The highest BCUT2D eigenvalue weighted by molar-refractivity contribution is 5.98. The number of nitrogens with zero attached hydrogens (tertiary/aromatic N) is 2. The summed E-state index contributed by atoms with van der Waals surface area (Å²) < 4.78 is 43.1. The minimum absolute atomic E-state index is 0.00876. The van der Waals surface area contributed by atoms with E-state index in [0.717, 1.165) is 12.1 Å². The van der Waals surface area contributed by atoms with Gasteiger partial charge < -0.3 is 14.9 Å². The van der Waals surface area contributed by atoms with E-state index in [-0.39, 0.29) is 11.6 Å². The number of aliphatic hydroxyl groups is 2. The van der Waals surface area contributed by atoms with E-state index in [4.69, 9.17) is 9.84 Å². The Balaban J connectivity index is 1.74. The molecule has 2 heterocycles. The standard InChI is InChI=1S/C20H15F3N2O4/c21-20(22,23)13-6-9-18(24-10-13)29-14-7-4-12(5-8-14)15-2-1-3-16(25-15)19(28)17(27)11-26/h1-10,17,26-27H,11H2/t17-/m0/s1. The molecule has 2 N–H and O–H groups in total. The highest BCUT2D eigenvalue weighted by Crippen LogP contribution is 2.30. The van der Waals surface area contributed by atoms with Crippen molar-refractivity contribution in [2.45, 2.75) is 12.3 Å². The zero-order valence-corrected chi connectivity index (χ0v) is 14.8. The van der Waals surface area contributed by atoms with Gasteiger partial charge in [0.2, 0.25) is 11.7 Å². The number of carbonyl (C=O) groups is 1. The zero-order valence-electron chi connectivity index (χ0n) is 14.8. The molecule has 0 saturated heterocycles. The van der Waals surface area contributed by atoms with Crippen molar-refractivity contribution in [3.05, 3.63) is 72.1 Å². The lowest BCUT2D eigenvalue weighted by Crippen LogP contribution is -2.25. The van der Waals surface area contributed by atoms with Crippen LogP contribution in [-0.2, 0) is 6.18 Å². The molecule has 3 aromatic rings. The van der Waals surface area contributed by atoms with Gasteiger partial charge in [-0.15, -0.1) is 0 Å². The zero-order chi connectivity index (χ0) is 21.0. The fourth-order valence-electron chi connectivity index (χ4n) is 2.41. The van der Waals surface area contributed by atoms with Crippen LogP contribution in [0.5, 0.6) is 11.6 Å². The van der Waals surface area contributed by atoms with Gasteiger partial charge >= 0.3 is 6.18 Å². The van der Waals surface area contributed by atoms with Crippen molar-refractivity contribution in [1.82, 2.24) is 9.97 Å². The molecule has 1 aromatic carbocycles. The number of hydrogen-bond acceptors (Lipinski definition) is 6. The number of alkyl halides is 3. The van der Waals surface area contributed by atoms with Crippen LogP contribution in [0.4, 0.5) is 13.2 Å². The predicted molar refractivity (Wildman–Crippen MR) is 96.4 cm³/mol. The van der Waals surface area contributed by atoms with Crippen molar-refractivity contribution in [2.24, 2.45) is 0 Å². The molecule has 150 valence electrons. The molecule has 0 aliphatic rings. The van der Waals surface area contributed by atoms with Crippen LogP contribution in [0.25, 0.3) is 11.3 Å². The summed E-state index contributed by atoms with van der Waals surface area (Å²) in [5.41, 5.74) is 0.247. The van der Waals surface area contributed by atoms with Gasteiger partial charge in [-0.2, -0.15) is 13.2 Å². The summed E-state index contributed by atoms with van der Waals surface area (Å²) in [6, 6.07) is 13.1. The number of carbonyl (C=O) groups excluding carboxylic acids is 1. The van der Waals surface area contributed by atoms with Crippen LogP contribution in [0.2, 0.25) is 0 Å². The molecule has 0 radical (unpaired) electrons. The lowest BCUT2D eigenvalue weighted by atomic mass is 10.1. The first-order valence-electron chi connectivity index (χ1n) is 8.39. The average Bonchev–Trinajstić information content (AvgIpc) is 2.73. The minimum Gasteiger partial charge on any atom is -0.439 e. The van der Waals surface area contributed by atoms with Gasteiger partial charge in [0, 0.05) is 17.8 Å². The first-order chi connectivity index (χ1) is 13.8. The second kappa shape index (κ2) is 8.38. The van der Waals surface area contributed by atoms with Crippen LogP contribution < -0.4 is 4.74 Å². The SMILES string of the molecule is O=C(c1cccc(-c2ccc(Oc3ccc(C(F)(F)F)cn3)cc2)n1)[C@@H](O)CO. The van der Waals surface area contributed by atoms with Crippen LogP contribution >= 0.6 is 0 Å². The number of benzene rings is 1. The number of pyridine rings is 2. The van der Waals surface area contributed by atoms with Crippen molar-refractivity contribution < 1.29 is 32.9 Å². The van der Waals surface area contributed by atoms with Crippen molar-refractivity contribution in [3.8, 4) is 22.9 Å². The lowest BCUT2D eigenvalue weighted by Gasteiger charge is -2.09. The van der Waals surface area contributed by atoms with Crippen LogP contribution in [-0.4, -0.2) is 38.7 Å². The topological polar surface area (TPSA) is 92.5 Å². The van der Waals surface area contributed by atoms with Crippen molar-refractivity contribution in [1.29, 1.82) is 0 Å². The van der Waals surface area contributed by atoms with Gasteiger partial charge in [-0.1, -0.05) is 6.07 Å². The number of aliphatic hydroxyl groups excluding tert-OH is 2. The summed E-state index contributed by atoms with van der Waals surface area (Å²) in [7, 11) is 0. The number of Topliss-reactive ketones (excluding diaryl/α,β-unsaturated/α-hetero) is 1. The van der Waals surface area contributed by atoms with Crippen LogP contribution in [0, 0.1) is 0 Å². The number of hydrogen-bond donors (Lipinski definition) is 2. The summed E-state index contributed by atoms with van der Waals surface area (Å²) >= 11 is 0. The van der Waals surface area contributed by atoms with Crippen molar-refractivity contribution in [2.75, 3.05) is 6.61 Å². The fraction of sp³-hybridized carbons (Fsp3) is 0.150. The van der Waals surface area contributed by atoms with Gasteiger partial charge in [-0.3, -0.25) is 4.79 Å². The molecular formula is C20H15F3N2O4. The number of rotatable bonds is 6. The van der Waals surface area contributed by atoms with E-state index < -0.39 is 30.2 Å². The molecular weight excluding hydrogens is 389 g/mol. The molecule has 0 aliphatic heterocycles. The molecule has 0 amide bonds. The third-order valence-electron chi connectivity index (χ3n) is 3.91. The molecule has 3 rings (SSSR count). The summed E-state index contributed by atoms with van der Waals surface area (Å²) in [5, 5.41) is 18.3. The van der Waals surface area contributed by atoms with E-state index in [2.05, 4.69) is 9.97 Å². The predicted octanol–water partition coefficient (Wildman–Crippen LogP) is 3.49. The molecule has 0 spiro atoms. The molecule has 0 bridgehead atoms. The van der Waals surface area contributed by atoms with Crippen LogP contribution in [0.1, 0.15) is 16.1 Å². The third-order valence-corrected chi connectivity index (χ3v) is 3.91. The van der Waals surface area contributed by atoms with E-state index in [0.29, 0.717) is 23.2 Å². The lowest BCUT2D eigenvalue weighted by molar-refractivity contribution is -0.137. The Hall–Kier alpha value is -3.30. The fourth-order valence-corrected chi connectivity index (χ4v) is 2.41. The number of ether oxygens (including phenoxy) is 1. The van der Waals surface area contributed by atoms with Gasteiger partial charge in [0.25, 0.3) is 0 Å². The van der Waals surface area contributed by atoms with Gasteiger partial charge in [0.05, 0.1) is 17.9 Å². The molecule has 6 nitrogen and oxygen atoms in total. The molecule has 1 atom stereocenters. The molecule has 9 heteroatoms. The van der Waals surface area contributed by atoms with E-state index in [1.165, 1.54) is 6.07 Å². The first kappa shape index (κ1) is 20.4. The maximum Gasteiger partial charge on any atom is 0.417 e. The first-order valence-corrected chi connectivity index (χ1v) is 8.39. The Kier molecular flexibility index (Phi) is 5.90. The highest BCUT2D eigenvalue weighted by atomic mass is 19.4. The normalized spacial score (nSPS) is 12.4. The number of aromatic nitrogens is 2. The Morgan fingerprint density at radius 3 is 2.38 bits per heavy atom. The Morgan fingerprint density at radius 2 is 1.79 bits per heavy atom. The van der Waals surface area contributed by atoms with Gasteiger partial charge in [-0.05, 0) is 42.5 Å². The van der Waals surface area contributed by atoms with Crippen LogP contribution in [0.3, 0.4) is 0 Å². The molecule has 29 heavy (non-hydrogen) atoms. The number of ketones is 1. The largest absolute Gasteiger partial charge is 0.439 e. The highest BCUT2D eigenvalue weighted by Gasteiger charge is 2.30. The van der Waals surface area contributed by atoms with Crippen molar-refractivity contribution >= 4 is 5.78 Å². The minimum atomic E-state index is -4.47. The smallest absolute Gasteiger partial charge is 0.417 e. The number of halogens is 3. The molecule has 0 saturated carbocycles. The average molecular weight is 404 g/mol. The van der Waals surface area contributed by atoms with E-state index in [9.17, 15) is 23.1 Å². The Morgan fingerprint density at radius 1 is 1.07 bits per heavy atom. The third kappa shape index (κ3) is 4.95. The Bertz CT molecular complexity index is 990. The maximum absolute atomic E-state index is 12.6. The van der Waals surface area contributed by atoms with Crippen molar-refractivity contribution in [3.63, 3.8) is 0 Å². The monoisotopic (exact) mass is 404 g/mol. The summed E-state index contributed by atoms with van der Waals surface area (Å²) in [6.45, 7) is -0.700. The Labute approximate surface area is 163 Å². The van der Waals surface area contributed by atoms with Gasteiger partial charge in [-0.25, -0.2) is 9.97 Å². The summed E-state index contributed by atoms with van der Waals surface area (Å²) in [6.07, 6.45) is -5.31. The van der Waals surface area contributed by atoms with Gasteiger partial charge in [0.1, 0.15) is 17.5 Å². The van der Waals surface area contributed by atoms with Gasteiger partial charge in [0.15, 0.2) is 0 Å². The van der Waals surface area contributed by atoms with Crippen LogP contribution in [0.15, 0.2) is 60.8 Å². The maximum atomic E-state index is 12.6. The quantitative estimate of drug-likeness (QED) is 0.611.